The molecule has 33 heavy (non-hydrogen) atoms. The van der Waals surface area contributed by atoms with Crippen molar-refractivity contribution in [2.45, 2.75) is 31.4 Å². The number of amides is 1. The van der Waals surface area contributed by atoms with Gasteiger partial charge in [-0.3, -0.25) is 0 Å². The Morgan fingerprint density at radius 2 is 1.48 bits per heavy atom. The number of alkyl carbamates (subject to hydrolysis) is 1. The molecule has 1 aliphatic rings. The number of aliphatic carboxylic acids is 1. The predicted molar refractivity (Wildman–Crippen MR) is 125 cm³/mol. The first-order valence-electron chi connectivity index (χ1n) is 11.1. The molecule has 0 saturated carbocycles. The SMILES string of the molecule is O=C(N[C@@H](CCCOCc1ccccc1)C(=O)O)OCC1c2ccccc2-c2ccccc21. The predicted octanol–water partition coefficient (Wildman–Crippen LogP) is 4.98. The van der Waals surface area contributed by atoms with Crippen molar-refractivity contribution < 1.29 is 24.2 Å². The highest BCUT2D eigenvalue weighted by molar-refractivity contribution is 5.81. The van der Waals surface area contributed by atoms with Crippen molar-refractivity contribution in [1.82, 2.24) is 5.32 Å². The second-order valence-electron chi connectivity index (χ2n) is 8.04. The maximum atomic E-state index is 12.4. The summed E-state index contributed by atoms with van der Waals surface area (Å²) in [5, 5.41) is 12.0. The van der Waals surface area contributed by atoms with Crippen LogP contribution in [0, 0.1) is 0 Å². The zero-order valence-electron chi connectivity index (χ0n) is 18.3. The Kier molecular flexibility index (Phi) is 7.37. The van der Waals surface area contributed by atoms with Crippen molar-refractivity contribution in [1.29, 1.82) is 0 Å². The van der Waals surface area contributed by atoms with Crippen LogP contribution in [0.15, 0.2) is 78.9 Å². The number of carbonyl (C=O) groups excluding carboxylic acids is 1. The van der Waals surface area contributed by atoms with E-state index in [0.717, 1.165) is 27.8 Å². The molecule has 0 saturated heterocycles. The van der Waals surface area contributed by atoms with Gasteiger partial charge in [0.1, 0.15) is 12.6 Å². The molecule has 0 aromatic heterocycles. The van der Waals surface area contributed by atoms with Crippen molar-refractivity contribution >= 4 is 12.1 Å². The molecule has 3 aromatic rings. The fourth-order valence-corrected chi connectivity index (χ4v) is 4.19. The van der Waals surface area contributed by atoms with Gasteiger partial charge in [0.15, 0.2) is 0 Å². The van der Waals surface area contributed by atoms with Gasteiger partial charge in [-0.05, 0) is 40.7 Å². The highest BCUT2D eigenvalue weighted by Crippen LogP contribution is 2.44. The van der Waals surface area contributed by atoms with E-state index in [1.54, 1.807) is 0 Å². The smallest absolute Gasteiger partial charge is 0.407 e. The Hall–Kier alpha value is -3.64. The van der Waals surface area contributed by atoms with Crippen molar-refractivity contribution in [3.8, 4) is 11.1 Å². The van der Waals surface area contributed by atoms with Crippen LogP contribution in [0.25, 0.3) is 11.1 Å². The average Bonchev–Trinajstić information content (AvgIpc) is 3.16. The summed E-state index contributed by atoms with van der Waals surface area (Å²) in [6.45, 7) is 1.02. The standard InChI is InChI=1S/C27H27NO5/c29-26(30)25(15-8-16-32-17-19-9-2-1-3-10-19)28-27(31)33-18-24-22-13-6-4-11-20(22)21-12-5-7-14-23(21)24/h1-7,9-14,24-25H,8,15-18H2,(H,28,31)(H,29,30)/t25-/m0/s1. The van der Waals surface area contributed by atoms with Crippen LogP contribution in [0.3, 0.4) is 0 Å². The fraction of sp³-hybridized carbons (Fsp3) is 0.259. The molecular formula is C27H27NO5. The lowest BCUT2D eigenvalue weighted by Crippen LogP contribution is -2.41. The largest absolute Gasteiger partial charge is 0.480 e. The molecule has 0 aliphatic heterocycles. The molecule has 0 spiro atoms. The van der Waals surface area contributed by atoms with E-state index in [1.807, 2.05) is 66.7 Å². The highest BCUT2D eigenvalue weighted by atomic mass is 16.5. The van der Waals surface area contributed by atoms with E-state index in [-0.39, 0.29) is 18.9 Å². The van der Waals surface area contributed by atoms with Crippen LogP contribution in [0.5, 0.6) is 0 Å². The van der Waals surface area contributed by atoms with Crippen molar-refractivity contribution in [2.24, 2.45) is 0 Å². The molecule has 2 N–H and O–H groups in total. The summed E-state index contributed by atoms with van der Waals surface area (Å²) in [5.41, 5.74) is 5.56. The van der Waals surface area contributed by atoms with E-state index in [9.17, 15) is 14.7 Å². The van der Waals surface area contributed by atoms with E-state index in [1.165, 1.54) is 0 Å². The number of carboxylic acids is 1. The van der Waals surface area contributed by atoms with Gasteiger partial charge >= 0.3 is 12.1 Å². The molecule has 0 bridgehead atoms. The summed E-state index contributed by atoms with van der Waals surface area (Å²) < 4.78 is 11.1. The molecule has 0 unspecified atom stereocenters. The minimum absolute atomic E-state index is 0.0715. The summed E-state index contributed by atoms with van der Waals surface area (Å²) in [7, 11) is 0. The van der Waals surface area contributed by atoms with Gasteiger partial charge in [-0.1, -0.05) is 78.9 Å². The van der Waals surface area contributed by atoms with Gasteiger partial charge in [0.2, 0.25) is 0 Å². The lowest BCUT2D eigenvalue weighted by Gasteiger charge is -2.17. The number of fused-ring (bicyclic) bond motifs is 3. The topological polar surface area (TPSA) is 84.9 Å². The second kappa shape index (κ2) is 10.8. The van der Waals surface area contributed by atoms with Crippen LogP contribution in [-0.4, -0.2) is 36.4 Å². The van der Waals surface area contributed by atoms with Gasteiger partial charge in [0.25, 0.3) is 0 Å². The molecule has 6 nitrogen and oxygen atoms in total. The third-order valence-electron chi connectivity index (χ3n) is 5.83. The molecule has 0 heterocycles. The molecule has 1 atom stereocenters. The summed E-state index contributed by atoms with van der Waals surface area (Å²) in [4.78, 5) is 24.0. The first-order valence-corrected chi connectivity index (χ1v) is 11.1. The molecule has 1 aliphatic carbocycles. The zero-order valence-corrected chi connectivity index (χ0v) is 18.3. The van der Waals surface area contributed by atoms with Crippen LogP contribution in [0.1, 0.15) is 35.4 Å². The van der Waals surface area contributed by atoms with E-state index in [0.29, 0.717) is 19.6 Å². The van der Waals surface area contributed by atoms with E-state index in [2.05, 4.69) is 17.4 Å². The molecule has 1 amide bonds. The molecule has 6 heteroatoms. The number of benzene rings is 3. The van der Waals surface area contributed by atoms with Gasteiger partial charge in [-0.15, -0.1) is 0 Å². The normalized spacial score (nSPS) is 13.1. The van der Waals surface area contributed by atoms with Crippen LogP contribution in [0.2, 0.25) is 0 Å². The number of hydrogen-bond donors (Lipinski definition) is 2. The Balaban J connectivity index is 1.26. The van der Waals surface area contributed by atoms with Crippen molar-refractivity contribution in [2.75, 3.05) is 13.2 Å². The Bertz CT molecular complexity index is 1050. The first-order chi connectivity index (χ1) is 16.1. The van der Waals surface area contributed by atoms with Gasteiger partial charge in [0, 0.05) is 12.5 Å². The number of ether oxygens (including phenoxy) is 2. The maximum absolute atomic E-state index is 12.4. The summed E-state index contributed by atoms with van der Waals surface area (Å²) in [5.74, 6) is -1.16. The van der Waals surface area contributed by atoms with Crippen molar-refractivity contribution in [3.63, 3.8) is 0 Å². The van der Waals surface area contributed by atoms with Crippen LogP contribution in [0.4, 0.5) is 4.79 Å². The lowest BCUT2D eigenvalue weighted by molar-refractivity contribution is -0.139. The third kappa shape index (κ3) is 5.59. The molecule has 3 aromatic carbocycles. The molecule has 4 rings (SSSR count). The second-order valence-corrected chi connectivity index (χ2v) is 8.04. The van der Waals surface area contributed by atoms with E-state index >= 15 is 0 Å². The molecule has 0 fully saturated rings. The highest BCUT2D eigenvalue weighted by Gasteiger charge is 2.29. The number of nitrogens with one attached hydrogen (secondary N) is 1. The van der Waals surface area contributed by atoms with Crippen LogP contribution in [-0.2, 0) is 20.9 Å². The van der Waals surface area contributed by atoms with Gasteiger partial charge in [-0.25, -0.2) is 9.59 Å². The quantitative estimate of drug-likeness (QED) is 0.430. The number of hydrogen-bond acceptors (Lipinski definition) is 4. The first kappa shape index (κ1) is 22.6. The van der Waals surface area contributed by atoms with Gasteiger partial charge < -0.3 is 19.9 Å². The zero-order chi connectivity index (χ0) is 23.0. The Morgan fingerprint density at radius 1 is 0.879 bits per heavy atom. The number of carbonyl (C=O) groups is 2. The van der Waals surface area contributed by atoms with Gasteiger partial charge in [0.05, 0.1) is 6.61 Å². The maximum Gasteiger partial charge on any atom is 0.407 e. The minimum atomic E-state index is -1.09. The molecular weight excluding hydrogens is 418 g/mol. The third-order valence-corrected chi connectivity index (χ3v) is 5.83. The van der Waals surface area contributed by atoms with E-state index in [4.69, 9.17) is 9.47 Å². The Labute approximate surface area is 193 Å². The number of carboxylic acid groups (broad SMARTS) is 1. The number of rotatable bonds is 10. The fourth-order valence-electron chi connectivity index (χ4n) is 4.19. The summed E-state index contributed by atoms with van der Waals surface area (Å²) >= 11 is 0. The molecule has 0 radical (unpaired) electrons. The summed E-state index contributed by atoms with van der Waals surface area (Å²) in [6, 6.07) is 24.9. The van der Waals surface area contributed by atoms with Crippen LogP contribution < -0.4 is 5.32 Å². The van der Waals surface area contributed by atoms with E-state index < -0.39 is 18.1 Å². The summed E-state index contributed by atoms with van der Waals surface area (Å²) in [6.07, 6.45) is 0.0383. The minimum Gasteiger partial charge on any atom is -0.480 e. The molecule has 170 valence electrons. The average molecular weight is 446 g/mol. The lowest BCUT2D eigenvalue weighted by atomic mass is 9.98. The Morgan fingerprint density at radius 3 is 2.12 bits per heavy atom. The van der Waals surface area contributed by atoms with Crippen molar-refractivity contribution in [3.05, 3.63) is 95.6 Å². The van der Waals surface area contributed by atoms with Crippen LogP contribution >= 0.6 is 0 Å². The van der Waals surface area contributed by atoms with Gasteiger partial charge in [-0.2, -0.15) is 0 Å². The monoisotopic (exact) mass is 445 g/mol.